The summed E-state index contributed by atoms with van der Waals surface area (Å²) in [6, 6.07) is 27.2. The van der Waals surface area contributed by atoms with Crippen molar-refractivity contribution in [2.45, 2.75) is 39.0 Å². The zero-order valence-electron chi connectivity index (χ0n) is 31.2. The van der Waals surface area contributed by atoms with Gasteiger partial charge in [-0.3, -0.25) is 0 Å². The van der Waals surface area contributed by atoms with Gasteiger partial charge in [0.1, 0.15) is 23.0 Å². The van der Waals surface area contributed by atoms with Crippen molar-refractivity contribution in [1.82, 2.24) is 0 Å². The van der Waals surface area contributed by atoms with Crippen molar-refractivity contribution in [3.05, 3.63) is 145 Å². The highest BCUT2D eigenvalue weighted by atomic mass is 16.5. The van der Waals surface area contributed by atoms with E-state index in [-0.39, 0.29) is 0 Å². The van der Waals surface area contributed by atoms with Crippen LogP contribution in [0.3, 0.4) is 0 Å². The topological polar surface area (TPSA) is 148 Å². The molecule has 0 heterocycles. The molecule has 56 heavy (non-hydrogen) atoms. The van der Waals surface area contributed by atoms with Crippen LogP contribution in [0.15, 0.2) is 133 Å². The van der Waals surface area contributed by atoms with Gasteiger partial charge in [-0.25, -0.2) is 19.2 Å². The summed E-state index contributed by atoms with van der Waals surface area (Å²) in [5.41, 5.74) is 3.08. The van der Waals surface area contributed by atoms with Crippen LogP contribution in [0.25, 0.3) is 0 Å². The van der Waals surface area contributed by atoms with Crippen LogP contribution in [0.5, 0.6) is 23.0 Å². The van der Waals surface area contributed by atoms with E-state index < -0.39 is 23.9 Å². The Morgan fingerprint density at radius 1 is 0.536 bits per heavy atom. The molecule has 12 nitrogen and oxygen atoms in total. The third-order valence-electron chi connectivity index (χ3n) is 7.83. The summed E-state index contributed by atoms with van der Waals surface area (Å²) in [5.74, 6) is 0.0941. The highest BCUT2D eigenvalue weighted by molar-refractivity contribution is 6.01. The van der Waals surface area contributed by atoms with Gasteiger partial charge >= 0.3 is 23.9 Å². The zero-order valence-corrected chi connectivity index (χ0v) is 31.2. The number of hydrogen-bond donors (Lipinski definition) is 0. The van der Waals surface area contributed by atoms with E-state index in [1.165, 1.54) is 0 Å². The molecule has 0 radical (unpaired) electrons. The Hall–Kier alpha value is -6.82. The molecule has 0 saturated carbocycles. The van der Waals surface area contributed by atoms with Gasteiger partial charge in [0.25, 0.3) is 0 Å². The van der Waals surface area contributed by atoms with Gasteiger partial charge in [0.05, 0.1) is 49.5 Å². The SMILES string of the molecule is C=CC(=O)OCCCCOc1ccc(C(=O)Oc2ccc(C=NN=C(CC)c3ccc(OC(=O)c4ccc(OCCCCOC(=O)C=C)cc4)cc3)cc2)cc1. The quantitative estimate of drug-likeness (QED) is 0.0192. The zero-order chi connectivity index (χ0) is 40.0. The fourth-order valence-electron chi connectivity index (χ4n) is 4.79. The Morgan fingerprint density at radius 2 is 0.929 bits per heavy atom. The van der Waals surface area contributed by atoms with Gasteiger partial charge in [-0.1, -0.05) is 20.1 Å². The molecule has 12 heteroatoms. The predicted molar refractivity (Wildman–Crippen MR) is 212 cm³/mol. The molecule has 0 aromatic heterocycles. The summed E-state index contributed by atoms with van der Waals surface area (Å²) in [6.07, 6.45) is 7.21. The molecule has 0 aliphatic rings. The van der Waals surface area contributed by atoms with Crippen molar-refractivity contribution < 1.29 is 47.6 Å². The normalized spacial score (nSPS) is 11.0. The number of unbranched alkanes of at least 4 members (excludes halogenated alkanes) is 2. The van der Waals surface area contributed by atoms with Crippen LogP contribution in [-0.4, -0.2) is 62.2 Å². The number of ether oxygens (including phenoxy) is 6. The second-order valence-electron chi connectivity index (χ2n) is 11.9. The second kappa shape index (κ2) is 23.1. The number of hydrogen-bond acceptors (Lipinski definition) is 12. The number of esters is 4. The number of carbonyl (C=O) groups is 4. The van der Waals surface area contributed by atoms with Crippen molar-refractivity contribution in [2.24, 2.45) is 10.2 Å². The van der Waals surface area contributed by atoms with Crippen molar-refractivity contribution in [1.29, 1.82) is 0 Å². The highest BCUT2D eigenvalue weighted by Gasteiger charge is 2.11. The predicted octanol–water partition coefficient (Wildman–Crippen LogP) is 8.13. The summed E-state index contributed by atoms with van der Waals surface area (Å²) in [6.45, 7) is 10.2. The largest absolute Gasteiger partial charge is 0.494 e. The van der Waals surface area contributed by atoms with E-state index in [0.29, 0.717) is 92.7 Å². The lowest BCUT2D eigenvalue weighted by Crippen LogP contribution is -2.09. The van der Waals surface area contributed by atoms with Gasteiger partial charge in [0, 0.05) is 12.2 Å². The standard InChI is InChI=1S/C44H44N2O10/c1-4-40(33-13-25-39(26-14-33)56-44(50)35-17-23-37(24-18-35)52-28-8-10-30-54-42(48)6-3)46-45-31-32-11-19-38(20-12-32)55-43(49)34-15-21-36(22-16-34)51-27-7-9-29-53-41(47)5-2/h5-6,11-26,31H,2-4,7-10,27-30H2,1H3. The van der Waals surface area contributed by atoms with Crippen LogP contribution in [0.2, 0.25) is 0 Å². The fraction of sp³-hybridized carbons (Fsp3) is 0.227. The first-order chi connectivity index (χ1) is 27.3. The molecular weight excluding hydrogens is 716 g/mol. The minimum Gasteiger partial charge on any atom is -0.494 e. The van der Waals surface area contributed by atoms with Gasteiger partial charge in [0.2, 0.25) is 0 Å². The monoisotopic (exact) mass is 760 g/mol. The van der Waals surface area contributed by atoms with Crippen LogP contribution >= 0.6 is 0 Å². The summed E-state index contributed by atoms with van der Waals surface area (Å²) < 4.78 is 32.3. The summed E-state index contributed by atoms with van der Waals surface area (Å²) >= 11 is 0. The van der Waals surface area contributed by atoms with Crippen molar-refractivity contribution in [3.8, 4) is 23.0 Å². The molecule has 0 spiro atoms. The lowest BCUT2D eigenvalue weighted by atomic mass is 10.1. The molecule has 0 atom stereocenters. The van der Waals surface area contributed by atoms with Crippen molar-refractivity contribution >= 4 is 35.8 Å². The van der Waals surface area contributed by atoms with Crippen LogP contribution in [-0.2, 0) is 19.1 Å². The van der Waals surface area contributed by atoms with Gasteiger partial charge in [-0.05, 0) is 140 Å². The molecule has 0 amide bonds. The first kappa shape index (κ1) is 41.9. The van der Waals surface area contributed by atoms with E-state index in [0.717, 1.165) is 29.0 Å². The summed E-state index contributed by atoms with van der Waals surface area (Å²) in [7, 11) is 0. The average Bonchev–Trinajstić information content (AvgIpc) is 3.23. The fourth-order valence-corrected chi connectivity index (χ4v) is 4.79. The maximum Gasteiger partial charge on any atom is 0.343 e. The minimum absolute atomic E-state index is 0.304. The molecule has 0 aliphatic carbocycles. The van der Waals surface area contributed by atoms with Crippen molar-refractivity contribution in [2.75, 3.05) is 26.4 Å². The maximum atomic E-state index is 12.7. The van der Waals surface area contributed by atoms with Gasteiger partial charge in [-0.2, -0.15) is 10.2 Å². The first-order valence-electron chi connectivity index (χ1n) is 18.1. The Balaban J connectivity index is 1.19. The smallest absolute Gasteiger partial charge is 0.343 e. The van der Waals surface area contributed by atoms with E-state index in [1.807, 2.05) is 19.1 Å². The number of benzene rings is 4. The van der Waals surface area contributed by atoms with E-state index in [4.69, 9.17) is 28.4 Å². The molecule has 0 fully saturated rings. The van der Waals surface area contributed by atoms with Gasteiger partial charge in [0.15, 0.2) is 0 Å². The molecule has 0 bridgehead atoms. The molecule has 0 N–H and O–H groups in total. The molecule has 4 rings (SSSR count). The van der Waals surface area contributed by atoms with E-state index >= 15 is 0 Å². The molecular formula is C44H44N2O10. The van der Waals surface area contributed by atoms with E-state index in [9.17, 15) is 19.2 Å². The van der Waals surface area contributed by atoms with Crippen LogP contribution < -0.4 is 18.9 Å². The lowest BCUT2D eigenvalue weighted by Gasteiger charge is -2.08. The lowest BCUT2D eigenvalue weighted by molar-refractivity contribution is -0.138. The molecule has 4 aromatic rings. The van der Waals surface area contributed by atoms with Crippen LogP contribution in [0.4, 0.5) is 0 Å². The van der Waals surface area contributed by atoms with Crippen LogP contribution in [0, 0.1) is 0 Å². The maximum absolute atomic E-state index is 12.7. The third-order valence-corrected chi connectivity index (χ3v) is 7.83. The van der Waals surface area contributed by atoms with Gasteiger partial charge < -0.3 is 28.4 Å². The Bertz CT molecular complexity index is 1970. The van der Waals surface area contributed by atoms with Gasteiger partial charge in [-0.15, -0.1) is 0 Å². The van der Waals surface area contributed by atoms with E-state index in [2.05, 4.69) is 23.4 Å². The summed E-state index contributed by atoms with van der Waals surface area (Å²) in [5, 5.41) is 8.63. The molecule has 290 valence electrons. The molecule has 4 aromatic carbocycles. The average molecular weight is 761 g/mol. The van der Waals surface area contributed by atoms with E-state index in [1.54, 1.807) is 91.1 Å². The molecule has 0 saturated heterocycles. The summed E-state index contributed by atoms with van der Waals surface area (Å²) in [4.78, 5) is 47.5. The molecule has 0 aliphatic heterocycles. The Morgan fingerprint density at radius 3 is 1.36 bits per heavy atom. The highest BCUT2D eigenvalue weighted by Crippen LogP contribution is 2.19. The third kappa shape index (κ3) is 14.5. The second-order valence-corrected chi connectivity index (χ2v) is 11.9. The minimum atomic E-state index is -0.504. The Labute approximate surface area is 326 Å². The van der Waals surface area contributed by atoms with Crippen molar-refractivity contribution in [3.63, 3.8) is 0 Å². The van der Waals surface area contributed by atoms with Crippen LogP contribution in [0.1, 0.15) is 70.9 Å². The number of rotatable bonds is 22. The number of carbonyl (C=O) groups excluding carboxylic acids is 4. The first-order valence-corrected chi connectivity index (χ1v) is 18.1. The Kier molecular flexibility index (Phi) is 17.3. The number of nitrogens with zero attached hydrogens (tertiary/aromatic N) is 2. The molecule has 0 unspecified atom stereocenters.